The standard InChI is InChI=1S/C15H24N2O/c1-4-15(2)8-10-17(11-9-15)12-6-5-7-13(18-3)14(12)16/h5-7H,4,8-11,16H2,1-3H3. The Hall–Kier alpha value is -1.38. The van der Waals surface area contributed by atoms with Crippen LogP contribution < -0.4 is 15.4 Å². The van der Waals surface area contributed by atoms with Gasteiger partial charge in [0.05, 0.1) is 18.5 Å². The van der Waals surface area contributed by atoms with Crippen LogP contribution in [0.4, 0.5) is 11.4 Å². The highest BCUT2D eigenvalue weighted by atomic mass is 16.5. The van der Waals surface area contributed by atoms with Crippen molar-refractivity contribution in [2.45, 2.75) is 33.1 Å². The van der Waals surface area contributed by atoms with Gasteiger partial charge in [-0.25, -0.2) is 0 Å². The molecule has 0 aliphatic carbocycles. The zero-order chi connectivity index (χ0) is 13.2. The summed E-state index contributed by atoms with van der Waals surface area (Å²) >= 11 is 0. The monoisotopic (exact) mass is 248 g/mol. The fraction of sp³-hybridized carbons (Fsp3) is 0.600. The van der Waals surface area contributed by atoms with Crippen LogP contribution in [0.1, 0.15) is 33.1 Å². The average molecular weight is 248 g/mol. The van der Waals surface area contributed by atoms with Gasteiger partial charge >= 0.3 is 0 Å². The lowest BCUT2D eigenvalue weighted by molar-refractivity contribution is 0.238. The van der Waals surface area contributed by atoms with Gasteiger partial charge < -0.3 is 15.4 Å². The molecule has 0 atom stereocenters. The highest BCUT2D eigenvalue weighted by molar-refractivity contribution is 5.74. The number of nitrogen functional groups attached to an aromatic ring is 1. The fourth-order valence-corrected chi connectivity index (χ4v) is 2.63. The molecule has 2 N–H and O–H groups in total. The highest BCUT2D eigenvalue weighted by Gasteiger charge is 2.29. The van der Waals surface area contributed by atoms with E-state index in [-0.39, 0.29) is 0 Å². The molecule has 1 aliphatic heterocycles. The Morgan fingerprint density at radius 1 is 1.33 bits per heavy atom. The molecule has 100 valence electrons. The molecular weight excluding hydrogens is 224 g/mol. The molecule has 0 aromatic heterocycles. The Labute approximate surface area is 110 Å². The van der Waals surface area contributed by atoms with E-state index in [0.29, 0.717) is 5.41 Å². The number of hydrogen-bond acceptors (Lipinski definition) is 3. The summed E-state index contributed by atoms with van der Waals surface area (Å²) in [4.78, 5) is 2.38. The van der Waals surface area contributed by atoms with Gasteiger partial charge in [-0.3, -0.25) is 0 Å². The van der Waals surface area contributed by atoms with Gasteiger partial charge in [0.25, 0.3) is 0 Å². The Morgan fingerprint density at radius 2 is 2.00 bits per heavy atom. The summed E-state index contributed by atoms with van der Waals surface area (Å²) < 4.78 is 5.29. The second-order valence-corrected chi connectivity index (χ2v) is 5.54. The third-order valence-electron chi connectivity index (χ3n) is 4.43. The predicted molar refractivity (Wildman–Crippen MR) is 77.3 cm³/mol. The smallest absolute Gasteiger partial charge is 0.143 e. The lowest BCUT2D eigenvalue weighted by Gasteiger charge is -2.40. The molecule has 1 aromatic rings. The van der Waals surface area contributed by atoms with Gasteiger partial charge in [-0.05, 0) is 30.4 Å². The van der Waals surface area contributed by atoms with Crippen LogP contribution in [0.5, 0.6) is 5.75 Å². The fourth-order valence-electron chi connectivity index (χ4n) is 2.63. The van der Waals surface area contributed by atoms with Crippen molar-refractivity contribution in [1.29, 1.82) is 0 Å². The van der Waals surface area contributed by atoms with Crippen molar-refractivity contribution in [1.82, 2.24) is 0 Å². The molecule has 0 unspecified atom stereocenters. The van der Waals surface area contributed by atoms with Gasteiger partial charge in [-0.1, -0.05) is 26.3 Å². The summed E-state index contributed by atoms with van der Waals surface area (Å²) in [5.41, 5.74) is 8.54. The van der Waals surface area contributed by atoms with Crippen LogP contribution in [0.3, 0.4) is 0 Å². The van der Waals surface area contributed by atoms with Crippen LogP contribution in [-0.2, 0) is 0 Å². The molecule has 0 radical (unpaired) electrons. The first-order chi connectivity index (χ1) is 8.59. The molecular formula is C15H24N2O. The number of methoxy groups -OCH3 is 1. The summed E-state index contributed by atoms with van der Waals surface area (Å²) in [5, 5.41) is 0. The van der Waals surface area contributed by atoms with Crippen LogP contribution in [0.25, 0.3) is 0 Å². The van der Waals surface area contributed by atoms with Crippen LogP contribution >= 0.6 is 0 Å². The molecule has 3 heteroatoms. The molecule has 0 saturated carbocycles. The van der Waals surface area contributed by atoms with Crippen molar-refractivity contribution in [3.05, 3.63) is 18.2 Å². The molecule has 0 spiro atoms. The summed E-state index contributed by atoms with van der Waals surface area (Å²) in [6.07, 6.45) is 3.73. The lowest BCUT2D eigenvalue weighted by Crippen LogP contribution is -2.38. The molecule has 18 heavy (non-hydrogen) atoms. The number of ether oxygens (including phenoxy) is 1. The van der Waals surface area contributed by atoms with Gasteiger partial charge in [0, 0.05) is 13.1 Å². The SMILES string of the molecule is CCC1(C)CCN(c2cccc(OC)c2N)CC1. The van der Waals surface area contributed by atoms with Crippen LogP contribution in [-0.4, -0.2) is 20.2 Å². The zero-order valence-electron chi connectivity index (χ0n) is 11.7. The number of piperidine rings is 1. The first kappa shape index (κ1) is 13.1. The normalized spacial score (nSPS) is 18.7. The maximum Gasteiger partial charge on any atom is 0.143 e. The predicted octanol–water partition coefficient (Wildman–Crippen LogP) is 3.29. The number of benzene rings is 1. The highest BCUT2D eigenvalue weighted by Crippen LogP contribution is 2.39. The summed E-state index contributed by atoms with van der Waals surface area (Å²) in [7, 11) is 1.67. The maximum atomic E-state index is 6.16. The number of rotatable bonds is 3. The number of nitrogens with zero attached hydrogens (tertiary/aromatic N) is 1. The molecule has 1 saturated heterocycles. The summed E-state index contributed by atoms with van der Waals surface area (Å²) in [6, 6.07) is 6.02. The Bertz CT molecular complexity index is 409. The number of anilines is 2. The maximum absolute atomic E-state index is 6.16. The van der Waals surface area contributed by atoms with Gasteiger partial charge in [-0.2, -0.15) is 0 Å². The molecule has 3 nitrogen and oxygen atoms in total. The average Bonchev–Trinajstić information content (AvgIpc) is 2.40. The first-order valence-corrected chi connectivity index (χ1v) is 6.77. The van der Waals surface area contributed by atoms with E-state index in [9.17, 15) is 0 Å². The van der Waals surface area contributed by atoms with E-state index in [1.807, 2.05) is 12.1 Å². The molecule has 0 bridgehead atoms. The van der Waals surface area contributed by atoms with Crippen molar-refractivity contribution in [2.24, 2.45) is 5.41 Å². The Morgan fingerprint density at radius 3 is 2.56 bits per heavy atom. The van der Waals surface area contributed by atoms with Gasteiger partial charge in [0.2, 0.25) is 0 Å². The van der Waals surface area contributed by atoms with E-state index in [0.717, 1.165) is 30.2 Å². The quantitative estimate of drug-likeness (QED) is 0.834. The van der Waals surface area contributed by atoms with E-state index in [1.54, 1.807) is 7.11 Å². The number of nitrogens with two attached hydrogens (primary N) is 1. The van der Waals surface area contributed by atoms with Gasteiger partial charge in [0.15, 0.2) is 0 Å². The second-order valence-electron chi connectivity index (χ2n) is 5.54. The summed E-state index contributed by atoms with van der Waals surface area (Å²) in [5.74, 6) is 0.774. The van der Waals surface area contributed by atoms with Crippen molar-refractivity contribution < 1.29 is 4.74 Å². The minimum absolute atomic E-state index is 0.504. The van der Waals surface area contributed by atoms with E-state index >= 15 is 0 Å². The molecule has 1 heterocycles. The van der Waals surface area contributed by atoms with Crippen LogP contribution in [0.15, 0.2) is 18.2 Å². The van der Waals surface area contributed by atoms with Crippen molar-refractivity contribution in [3.63, 3.8) is 0 Å². The topological polar surface area (TPSA) is 38.5 Å². The second kappa shape index (κ2) is 5.09. The molecule has 1 fully saturated rings. The van der Waals surface area contributed by atoms with Crippen LogP contribution in [0, 0.1) is 5.41 Å². The molecule has 0 amide bonds. The summed E-state index contributed by atoms with van der Waals surface area (Å²) in [6.45, 7) is 6.85. The molecule has 1 aromatic carbocycles. The minimum atomic E-state index is 0.504. The van der Waals surface area contributed by atoms with Gasteiger partial charge in [0.1, 0.15) is 5.75 Å². The van der Waals surface area contributed by atoms with Crippen molar-refractivity contribution in [2.75, 3.05) is 30.8 Å². The Balaban J connectivity index is 2.15. The van der Waals surface area contributed by atoms with E-state index in [2.05, 4.69) is 24.8 Å². The van der Waals surface area contributed by atoms with E-state index in [1.165, 1.54) is 19.3 Å². The molecule has 1 aliphatic rings. The number of para-hydroxylation sites is 1. The third-order valence-corrected chi connectivity index (χ3v) is 4.43. The van der Waals surface area contributed by atoms with Crippen molar-refractivity contribution >= 4 is 11.4 Å². The number of hydrogen-bond donors (Lipinski definition) is 1. The third kappa shape index (κ3) is 2.40. The Kier molecular flexibility index (Phi) is 3.69. The van der Waals surface area contributed by atoms with Gasteiger partial charge in [-0.15, -0.1) is 0 Å². The first-order valence-electron chi connectivity index (χ1n) is 6.77. The van der Waals surface area contributed by atoms with Crippen molar-refractivity contribution in [3.8, 4) is 5.75 Å². The minimum Gasteiger partial charge on any atom is -0.495 e. The zero-order valence-corrected chi connectivity index (χ0v) is 11.7. The van der Waals surface area contributed by atoms with E-state index in [4.69, 9.17) is 10.5 Å². The molecule has 2 rings (SSSR count). The lowest BCUT2D eigenvalue weighted by atomic mass is 9.78. The van der Waals surface area contributed by atoms with Crippen LogP contribution in [0.2, 0.25) is 0 Å². The largest absolute Gasteiger partial charge is 0.495 e. The van der Waals surface area contributed by atoms with E-state index < -0.39 is 0 Å².